The predicted octanol–water partition coefficient (Wildman–Crippen LogP) is 3.39. The average Bonchev–Trinajstić information content (AvgIpc) is 3.23. The van der Waals surface area contributed by atoms with Crippen LogP contribution in [-0.2, 0) is 6.54 Å². The molecular weight excluding hydrogens is 312 g/mol. The van der Waals surface area contributed by atoms with E-state index in [1.54, 1.807) is 13.0 Å². The fourth-order valence-electron chi connectivity index (χ4n) is 2.10. The molecule has 2 aromatic heterocycles. The Morgan fingerprint density at radius 1 is 1.35 bits per heavy atom. The molecule has 1 aromatic carbocycles. The van der Waals surface area contributed by atoms with E-state index in [0.29, 0.717) is 12.3 Å². The second-order valence-corrected chi connectivity index (χ2v) is 6.10. The highest BCUT2D eigenvalue weighted by atomic mass is 32.1. The Labute approximate surface area is 137 Å². The molecule has 5 nitrogen and oxygen atoms in total. The van der Waals surface area contributed by atoms with Crippen LogP contribution in [0.5, 0.6) is 0 Å². The maximum atomic E-state index is 12.1. The number of carbonyl (C=O) groups is 1. The molecule has 0 aliphatic carbocycles. The van der Waals surface area contributed by atoms with E-state index in [9.17, 15) is 9.90 Å². The second kappa shape index (κ2) is 6.76. The van der Waals surface area contributed by atoms with Crippen LogP contribution in [-0.4, -0.2) is 16.2 Å². The fraction of sp³-hybridized carbons (Fsp3) is 0.176. The van der Waals surface area contributed by atoms with Gasteiger partial charge in [0.15, 0.2) is 11.5 Å². The minimum Gasteiger partial charge on any atom is -0.389 e. The standard InChI is InChI=1S/C17H16N2O3S/c1-11(20)13-6-4-12(5-7-13)10-18-17(21)14-9-15(22-19-14)16-3-2-8-23-16/h2-9,11,20H,10H2,1H3,(H,18,21)/t11-/m1/s1. The lowest BCUT2D eigenvalue weighted by Crippen LogP contribution is -2.23. The zero-order valence-corrected chi connectivity index (χ0v) is 13.3. The molecule has 1 atom stereocenters. The number of nitrogens with one attached hydrogen (secondary N) is 1. The number of nitrogens with zero attached hydrogens (tertiary/aromatic N) is 1. The summed E-state index contributed by atoms with van der Waals surface area (Å²) in [5.41, 5.74) is 2.05. The van der Waals surface area contributed by atoms with Gasteiger partial charge in [0.2, 0.25) is 0 Å². The Morgan fingerprint density at radius 2 is 2.13 bits per heavy atom. The molecule has 3 aromatic rings. The Balaban J connectivity index is 1.61. The van der Waals surface area contributed by atoms with E-state index < -0.39 is 6.10 Å². The third-order valence-electron chi connectivity index (χ3n) is 3.42. The van der Waals surface area contributed by atoms with Gasteiger partial charge in [-0.1, -0.05) is 35.5 Å². The van der Waals surface area contributed by atoms with Crippen LogP contribution >= 0.6 is 11.3 Å². The number of rotatable bonds is 5. The molecule has 1 amide bonds. The van der Waals surface area contributed by atoms with Gasteiger partial charge in [0.1, 0.15) is 0 Å². The van der Waals surface area contributed by atoms with Crippen molar-refractivity contribution in [3.05, 3.63) is 64.7 Å². The number of carbonyl (C=O) groups excluding carboxylic acids is 1. The van der Waals surface area contributed by atoms with Gasteiger partial charge in [-0.05, 0) is 29.5 Å². The third kappa shape index (κ3) is 3.67. The van der Waals surface area contributed by atoms with Crippen LogP contribution in [0.3, 0.4) is 0 Å². The van der Waals surface area contributed by atoms with Crippen LogP contribution in [0.15, 0.2) is 52.4 Å². The summed E-state index contributed by atoms with van der Waals surface area (Å²) in [6.07, 6.45) is -0.496. The first-order chi connectivity index (χ1) is 11.1. The molecular formula is C17H16N2O3S. The molecule has 0 fully saturated rings. The van der Waals surface area contributed by atoms with Gasteiger partial charge in [0, 0.05) is 12.6 Å². The zero-order valence-electron chi connectivity index (χ0n) is 12.5. The number of thiophene rings is 1. The third-order valence-corrected chi connectivity index (χ3v) is 4.31. The molecule has 0 unspecified atom stereocenters. The molecule has 0 aliphatic rings. The first kappa shape index (κ1) is 15.5. The van der Waals surface area contributed by atoms with Crippen molar-refractivity contribution in [3.63, 3.8) is 0 Å². The summed E-state index contributed by atoms with van der Waals surface area (Å²) in [6.45, 7) is 2.10. The summed E-state index contributed by atoms with van der Waals surface area (Å²) >= 11 is 1.53. The van der Waals surface area contributed by atoms with Crippen LogP contribution in [0, 0.1) is 0 Å². The molecule has 0 bridgehead atoms. The van der Waals surface area contributed by atoms with Crippen LogP contribution in [0.1, 0.15) is 34.6 Å². The van der Waals surface area contributed by atoms with Crippen LogP contribution < -0.4 is 5.32 Å². The topological polar surface area (TPSA) is 75.4 Å². The largest absolute Gasteiger partial charge is 0.389 e. The van der Waals surface area contributed by atoms with Crippen LogP contribution in [0.2, 0.25) is 0 Å². The molecule has 2 N–H and O–H groups in total. The predicted molar refractivity (Wildman–Crippen MR) is 88.1 cm³/mol. The van der Waals surface area contributed by atoms with E-state index in [-0.39, 0.29) is 11.6 Å². The van der Waals surface area contributed by atoms with Gasteiger partial charge in [-0.3, -0.25) is 4.79 Å². The quantitative estimate of drug-likeness (QED) is 0.753. The van der Waals surface area contributed by atoms with Gasteiger partial charge in [-0.15, -0.1) is 11.3 Å². The van der Waals surface area contributed by atoms with E-state index in [0.717, 1.165) is 16.0 Å². The summed E-state index contributed by atoms with van der Waals surface area (Å²) < 4.78 is 5.20. The molecule has 2 heterocycles. The highest BCUT2D eigenvalue weighted by Crippen LogP contribution is 2.25. The first-order valence-corrected chi connectivity index (χ1v) is 8.07. The molecule has 0 radical (unpaired) electrons. The molecule has 23 heavy (non-hydrogen) atoms. The van der Waals surface area contributed by atoms with Crippen molar-refractivity contribution in [2.24, 2.45) is 0 Å². The van der Waals surface area contributed by atoms with Crippen molar-refractivity contribution in [1.29, 1.82) is 0 Å². The fourth-order valence-corrected chi connectivity index (χ4v) is 2.78. The Bertz CT molecular complexity index is 777. The lowest BCUT2D eigenvalue weighted by atomic mass is 10.1. The second-order valence-electron chi connectivity index (χ2n) is 5.15. The van der Waals surface area contributed by atoms with E-state index in [1.807, 2.05) is 41.8 Å². The Kier molecular flexibility index (Phi) is 4.55. The van der Waals surface area contributed by atoms with Crippen LogP contribution in [0.4, 0.5) is 0 Å². The summed E-state index contributed by atoms with van der Waals surface area (Å²) in [4.78, 5) is 13.0. The molecule has 0 saturated heterocycles. The van der Waals surface area contributed by atoms with Gasteiger partial charge < -0.3 is 14.9 Å². The number of aliphatic hydroxyl groups is 1. The van der Waals surface area contributed by atoms with Crippen molar-refractivity contribution < 1.29 is 14.4 Å². The minimum atomic E-state index is -0.496. The SMILES string of the molecule is C[C@@H](O)c1ccc(CNC(=O)c2cc(-c3cccs3)on2)cc1. The summed E-state index contributed by atoms with van der Waals surface area (Å²) in [6, 6.07) is 12.9. The van der Waals surface area contributed by atoms with Gasteiger partial charge in [0.25, 0.3) is 5.91 Å². The molecule has 0 spiro atoms. The average molecular weight is 328 g/mol. The van der Waals surface area contributed by atoms with E-state index >= 15 is 0 Å². The number of hydrogen-bond acceptors (Lipinski definition) is 5. The van der Waals surface area contributed by atoms with Crippen LogP contribution in [0.25, 0.3) is 10.6 Å². The minimum absolute atomic E-state index is 0.258. The zero-order chi connectivity index (χ0) is 16.2. The number of amides is 1. The monoisotopic (exact) mass is 328 g/mol. The van der Waals surface area contributed by atoms with E-state index in [2.05, 4.69) is 10.5 Å². The van der Waals surface area contributed by atoms with Crippen molar-refractivity contribution in [2.75, 3.05) is 0 Å². The number of aromatic nitrogens is 1. The molecule has 0 aliphatic heterocycles. The normalized spacial score (nSPS) is 12.1. The van der Waals surface area contributed by atoms with Gasteiger partial charge in [-0.2, -0.15) is 0 Å². The lowest BCUT2D eigenvalue weighted by Gasteiger charge is -2.07. The summed E-state index contributed by atoms with van der Waals surface area (Å²) in [7, 11) is 0. The smallest absolute Gasteiger partial charge is 0.273 e. The molecule has 0 saturated carbocycles. The first-order valence-electron chi connectivity index (χ1n) is 7.19. The van der Waals surface area contributed by atoms with Crippen molar-refractivity contribution in [2.45, 2.75) is 19.6 Å². The van der Waals surface area contributed by atoms with Gasteiger partial charge >= 0.3 is 0 Å². The molecule has 3 rings (SSSR count). The molecule has 118 valence electrons. The van der Waals surface area contributed by atoms with Gasteiger partial charge in [0.05, 0.1) is 11.0 Å². The molecule has 6 heteroatoms. The maximum absolute atomic E-state index is 12.1. The summed E-state index contributed by atoms with van der Waals surface area (Å²) in [5.74, 6) is 0.308. The van der Waals surface area contributed by atoms with Crippen molar-refractivity contribution in [3.8, 4) is 10.6 Å². The number of hydrogen-bond donors (Lipinski definition) is 2. The maximum Gasteiger partial charge on any atom is 0.273 e. The van der Waals surface area contributed by atoms with Crippen molar-refractivity contribution >= 4 is 17.2 Å². The lowest BCUT2D eigenvalue weighted by molar-refractivity contribution is 0.0942. The van der Waals surface area contributed by atoms with E-state index in [4.69, 9.17) is 4.52 Å². The number of benzene rings is 1. The number of aliphatic hydroxyl groups excluding tert-OH is 1. The van der Waals surface area contributed by atoms with E-state index in [1.165, 1.54) is 11.3 Å². The Morgan fingerprint density at radius 3 is 2.78 bits per heavy atom. The highest BCUT2D eigenvalue weighted by molar-refractivity contribution is 7.13. The highest BCUT2D eigenvalue weighted by Gasteiger charge is 2.14. The van der Waals surface area contributed by atoms with Crippen molar-refractivity contribution in [1.82, 2.24) is 10.5 Å². The Hall–Kier alpha value is -2.44. The summed E-state index contributed by atoms with van der Waals surface area (Å²) in [5, 5.41) is 18.0. The van der Waals surface area contributed by atoms with Gasteiger partial charge in [-0.25, -0.2) is 0 Å².